The Morgan fingerprint density at radius 3 is 2.83 bits per heavy atom. The average Bonchev–Trinajstić information content (AvgIpc) is 3.09. The van der Waals surface area contributed by atoms with Gasteiger partial charge in [0, 0.05) is 0 Å². The highest BCUT2D eigenvalue weighted by atomic mass is 32.2. The molecule has 2 aromatic rings. The maximum atomic E-state index is 13.0. The molecule has 156 valence electrons. The molecule has 1 saturated heterocycles. The smallest absolute Gasteiger partial charge is 0.242 e. The molecule has 1 aliphatic heterocycles. The molecule has 7 heteroatoms. The molecular formula is C23H24N2O3S2. The van der Waals surface area contributed by atoms with Gasteiger partial charge in [0.1, 0.15) is 6.23 Å². The van der Waals surface area contributed by atoms with Crippen LogP contribution in [0.5, 0.6) is 0 Å². The van der Waals surface area contributed by atoms with E-state index in [1.165, 1.54) is 11.3 Å². The Balaban J connectivity index is 1.81. The van der Waals surface area contributed by atoms with E-state index >= 15 is 0 Å². The zero-order chi connectivity index (χ0) is 21.6. The van der Waals surface area contributed by atoms with Gasteiger partial charge in [-0.25, -0.2) is 13.4 Å². The van der Waals surface area contributed by atoms with E-state index in [9.17, 15) is 8.42 Å². The van der Waals surface area contributed by atoms with E-state index < -0.39 is 21.7 Å². The number of hydrogen-bond acceptors (Lipinski definition) is 5. The van der Waals surface area contributed by atoms with Gasteiger partial charge in [-0.1, -0.05) is 38.5 Å². The lowest BCUT2D eigenvalue weighted by Crippen LogP contribution is -2.59. The molecule has 3 rings (SSSR count). The Morgan fingerprint density at radius 1 is 1.30 bits per heavy atom. The highest BCUT2D eigenvalue weighted by molar-refractivity contribution is 7.89. The van der Waals surface area contributed by atoms with Crippen molar-refractivity contribution in [2.45, 2.75) is 57.1 Å². The molecule has 2 unspecified atom stereocenters. The molecule has 0 amide bonds. The van der Waals surface area contributed by atoms with Crippen LogP contribution in [-0.2, 0) is 14.8 Å². The lowest BCUT2D eigenvalue weighted by Gasteiger charge is -2.45. The Morgan fingerprint density at radius 2 is 2.13 bits per heavy atom. The summed E-state index contributed by atoms with van der Waals surface area (Å²) in [5.41, 5.74) is 0.189. The molecule has 0 aliphatic carbocycles. The second-order valence-corrected chi connectivity index (χ2v) is 10.2. The van der Waals surface area contributed by atoms with Gasteiger partial charge in [0.05, 0.1) is 32.1 Å². The maximum absolute atomic E-state index is 13.0. The largest absolute Gasteiger partial charge is 0.359 e. The fourth-order valence-corrected chi connectivity index (χ4v) is 5.54. The third-order valence-electron chi connectivity index (χ3n) is 5.03. The topological polar surface area (TPSA) is 68.3 Å². The first kappa shape index (κ1) is 22.3. The van der Waals surface area contributed by atoms with E-state index in [4.69, 9.17) is 11.2 Å². The van der Waals surface area contributed by atoms with E-state index in [0.29, 0.717) is 6.61 Å². The van der Waals surface area contributed by atoms with Crippen LogP contribution in [0.3, 0.4) is 0 Å². The third-order valence-corrected chi connectivity index (χ3v) is 7.37. The summed E-state index contributed by atoms with van der Waals surface area (Å²) in [6, 6.07) is 4.94. The van der Waals surface area contributed by atoms with Crippen LogP contribution in [0, 0.1) is 48.4 Å². The van der Waals surface area contributed by atoms with Crippen molar-refractivity contribution in [2.24, 2.45) is 5.41 Å². The number of ether oxygens (including phenoxy) is 1. The zero-order valence-electron chi connectivity index (χ0n) is 17.1. The molecule has 1 aromatic heterocycles. The molecule has 5 nitrogen and oxygen atoms in total. The number of fused-ring (bicyclic) bond motifs is 1. The fourth-order valence-electron chi connectivity index (χ4n) is 3.37. The third kappa shape index (κ3) is 5.04. The van der Waals surface area contributed by atoms with Crippen LogP contribution in [0.25, 0.3) is 10.2 Å². The lowest BCUT2D eigenvalue weighted by atomic mass is 9.78. The first-order chi connectivity index (χ1) is 14.4. The summed E-state index contributed by atoms with van der Waals surface area (Å²) in [5, 5.41) is 0.893. The van der Waals surface area contributed by atoms with Crippen LogP contribution in [0.4, 0.5) is 0 Å². The standard InChI is InChI=1S/C23H24N2O3S2/c1-4-6-8-10-14-23(15-11-9-7-5-2)17-28-22(23)25-30(26,27)19-12-13-20-21(16-19)29-18(3)24-20/h1,12-13,16,22,25H,5,7,9,11,15,17H2,2-3H3. The Labute approximate surface area is 182 Å². The predicted molar refractivity (Wildman–Crippen MR) is 120 cm³/mol. The first-order valence-corrected chi connectivity index (χ1v) is 12.2. The number of benzene rings is 1. The second kappa shape index (κ2) is 9.65. The molecule has 2 atom stereocenters. The minimum Gasteiger partial charge on any atom is -0.359 e. The van der Waals surface area contributed by atoms with Gasteiger partial charge >= 0.3 is 0 Å². The van der Waals surface area contributed by atoms with E-state index in [-0.39, 0.29) is 4.90 Å². The zero-order valence-corrected chi connectivity index (χ0v) is 18.8. The quantitative estimate of drug-likeness (QED) is 0.500. The van der Waals surface area contributed by atoms with Gasteiger partial charge in [-0.2, -0.15) is 4.72 Å². The number of rotatable bonds is 8. The van der Waals surface area contributed by atoms with Crippen LogP contribution in [-0.4, -0.2) is 26.2 Å². The summed E-state index contributed by atoms with van der Waals surface area (Å²) in [6.07, 6.45) is 9.42. The van der Waals surface area contributed by atoms with Gasteiger partial charge in [-0.05, 0) is 55.2 Å². The average molecular weight is 441 g/mol. The number of nitrogens with zero attached hydrogens (tertiary/aromatic N) is 1. The molecular weight excluding hydrogens is 416 g/mol. The van der Waals surface area contributed by atoms with E-state index in [0.717, 1.165) is 47.3 Å². The van der Waals surface area contributed by atoms with Gasteiger partial charge in [-0.15, -0.1) is 17.8 Å². The minimum atomic E-state index is -3.78. The summed E-state index contributed by atoms with van der Waals surface area (Å²) >= 11 is 1.46. The molecule has 1 aliphatic rings. The molecule has 1 aromatic carbocycles. The first-order valence-electron chi connectivity index (χ1n) is 9.89. The van der Waals surface area contributed by atoms with Crippen LogP contribution in [0.2, 0.25) is 0 Å². The van der Waals surface area contributed by atoms with Gasteiger partial charge in [0.15, 0.2) is 0 Å². The van der Waals surface area contributed by atoms with Crippen molar-refractivity contribution in [3.8, 4) is 36.0 Å². The number of terminal acetylenes is 1. The van der Waals surface area contributed by atoms with Crippen molar-refractivity contribution >= 4 is 31.6 Å². The summed E-state index contributed by atoms with van der Waals surface area (Å²) in [5.74, 6) is 13.2. The molecule has 0 saturated carbocycles. The summed E-state index contributed by atoms with van der Waals surface area (Å²) < 4.78 is 35.2. The van der Waals surface area contributed by atoms with Gasteiger partial charge in [0.2, 0.25) is 10.0 Å². The fraction of sp³-hybridized carbons (Fsp3) is 0.435. The Kier molecular flexibility index (Phi) is 7.19. The normalized spacial score (nSPS) is 20.4. The maximum Gasteiger partial charge on any atom is 0.242 e. The minimum absolute atomic E-state index is 0.189. The SMILES string of the molecule is C#CC#CC#CC1(CCCCCC)COC1NS(=O)(=O)c1ccc2nc(C)sc2c1. The van der Waals surface area contributed by atoms with Gasteiger partial charge in [0.25, 0.3) is 0 Å². The molecule has 0 bridgehead atoms. The van der Waals surface area contributed by atoms with Crippen LogP contribution >= 0.6 is 11.3 Å². The van der Waals surface area contributed by atoms with Crippen molar-refractivity contribution in [3.05, 3.63) is 23.2 Å². The highest BCUT2D eigenvalue weighted by Crippen LogP contribution is 2.39. The van der Waals surface area contributed by atoms with E-state index in [1.54, 1.807) is 18.2 Å². The monoisotopic (exact) mass is 440 g/mol. The number of sulfonamides is 1. The molecule has 30 heavy (non-hydrogen) atoms. The van der Waals surface area contributed by atoms with Crippen LogP contribution < -0.4 is 4.72 Å². The Bertz CT molecular complexity index is 1190. The summed E-state index contributed by atoms with van der Waals surface area (Å²) in [7, 11) is -3.78. The number of thiazole rings is 1. The molecule has 1 fully saturated rings. The number of aromatic nitrogens is 1. The second-order valence-electron chi connectivity index (χ2n) is 7.29. The molecule has 0 radical (unpaired) electrons. The van der Waals surface area contributed by atoms with E-state index in [1.807, 2.05) is 6.92 Å². The van der Waals surface area contributed by atoms with E-state index in [2.05, 4.69) is 46.2 Å². The number of aryl methyl sites for hydroxylation is 1. The van der Waals surface area contributed by atoms with Crippen molar-refractivity contribution in [1.82, 2.24) is 9.71 Å². The van der Waals surface area contributed by atoms with Gasteiger partial charge < -0.3 is 4.74 Å². The van der Waals surface area contributed by atoms with Crippen LogP contribution in [0.1, 0.15) is 44.0 Å². The van der Waals surface area contributed by atoms with Crippen molar-refractivity contribution < 1.29 is 13.2 Å². The summed E-state index contributed by atoms with van der Waals surface area (Å²) in [6.45, 7) is 4.41. The molecule has 2 heterocycles. The summed E-state index contributed by atoms with van der Waals surface area (Å²) in [4.78, 5) is 4.57. The predicted octanol–water partition coefficient (Wildman–Crippen LogP) is 3.84. The lowest BCUT2D eigenvalue weighted by molar-refractivity contribution is -0.164. The number of nitrogens with one attached hydrogen (secondary N) is 1. The van der Waals surface area contributed by atoms with Crippen molar-refractivity contribution in [3.63, 3.8) is 0 Å². The van der Waals surface area contributed by atoms with Crippen molar-refractivity contribution in [2.75, 3.05) is 6.61 Å². The molecule has 0 spiro atoms. The van der Waals surface area contributed by atoms with Crippen LogP contribution in [0.15, 0.2) is 23.1 Å². The van der Waals surface area contributed by atoms with Crippen molar-refractivity contribution in [1.29, 1.82) is 0 Å². The molecule has 1 N–H and O–H groups in total. The highest BCUT2D eigenvalue weighted by Gasteiger charge is 2.49. The van der Waals surface area contributed by atoms with Gasteiger partial charge in [-0.3, -0.25) is 0 Å². The number of hydrogen-bond donors (Lipinski definition) is 1. The Hall–Kier alpha value is -2.34. The number of unbranched alkanes of at least 4 members (excludes halogenated alkanes) is 3.